The van der Waals surface area contributed by atoms with Crippen molar-refractivity contribution < 1.29 is 127 Å². The van der Waals surface area contributed by atoms with Gasteiger partial charge in [0, 0.05) is 152 Å². The fraction of sp³-hybridized carbons (Fsp3) is 0.547. The van der Waals surface area contributed by atoms with E-state index in [9.17, 15) is 65.7 Å². The van der Waals surface area contributed by atoms with E-state index in [0.29, 0.717) is 88.3 Å². The van der Waals surface area contributed by atoms with E-state index in [4.69, 9.17) is 9.47 Å². The Morgan fingerprint density at radius 2 is 0.832 bits per heavy atom. The van der Waals surface area contributed by atoms with Crippen molar-refractivity contribution in [1.82, 2.24) is 60.5 Å². The van der Waals surface area contributed by atoms with Crippen molar-refractivity contribution in [2.24, 2.45) is 0 Å². The van der Waals surface area contributed by atoms with Gasteiger partial charge in [-0.2, -0.15) is 0 Å². The molecule has 3 aromatic rings. The predicted octanol–water partition coefficient (Wildman–Crippen LogP) is 1.49. The molecule has 9 heterocycles. The minimum atomic E-state index is -4.80. The van der Waals surface area contributed by atoms with Crippen LogP contribution in [-0.2, 0) is 71.0 Å². The van der Waals surface area contributed by atoms with E-state index in [0.717, 1.165) is 65.0 Å². The molecular formula is C64H82BBrF3KN12O13. The van der Waals surface area contributed by atoms with Gasteiger partial charge in [0.05, 0.1) is 0 Å². The second-order valence-electron chi connectivity index (χ2n) is 26.6. The number of carbonyl (C=O) groups is 11. The molecule has 3 atom stereocenters. The number of fused-ring (bicyclic) bond motifs is 3. The second-order valence-corrected chi connectivity index (χ2v) is 27.5. The molecule has 12 rings (SSSR count). The van der Waals surface area contributed by atoms with E-state index < -0.39 is 54.7 Å². The van der Waals surface area contributed by atoms with Gasteiger partial charge in [0.2, 0.25) is 35.4 Å². The molecule has 6 saturated heterocycles. The Hall–Kier alpha value is -6.16. The van der Waals surface area contributed by atoms with Gasteiger partial charge in [0.15, 0.2) is 0 Å². The molecule has 0 saturated carbocycles. The number of halogens is 4. The van der Waals surface area contributed by atoms with Crippen LogP contribution in [0, 0.1) is 0 Å². The Morgan fingerprint density at radius 1 is 0.495 bits per heavy atom. The maximum Gasteiger partial charge on any atom is 1.00 e. The third kappa shape index (κ3) is 19.6. The molecule has 0 bridgehead atoms. The molecule has 3 unspecified atom stereocenters. The quantitative estimate of drug-likeness (QED) is 0.174. The van der Waals surface area contributed by atoms with Crippen LogP contribution in [0.3, 0.4) is 0 Å². The normalized spacial score (nSPS) is 21.9. The van der Waals surface area contributed by atoms with Crippen molar-refractivity contribution in [2.75, 3.05) is 85.0 Å². The molecule has 31 heteroatoms. The molecule has 11 amide bonds. The maximum absolute atomic E-state index is 13.0. The Bertz CT molecular complexity index is 3440. The fourth-order valence-corrected chi connectivity index (χ4v) is 13.1. The average molecular weight is 1410 g/mol. The number of piperazine rings is 3. The number of ether oxygens (including phenoxy) is 2. The Kier molecular flexibility index (Phi) is 25.2. The molecule has 9 aliphatic heterocycles. The van der Waals surface area contributed by atoms with Gasteiger partial charge in [-0.05, 0) is 119 Å². The molecular weight excluding hydrogens is 1330 g/mol. The molecule has 4 N–H and O–H groups in total. The molecule has 0 aromatic heterocycles. The summed E-state index contributed by atoms with van der Waals surface area (Å²) in [6.07, 6.45) is 0.337. The van der Waals surface area contributed by atoms with Crippen LogP contribution >= 0.6 is 15.9 Å². The summed E-state index contributed by atoms with van der Waals surface area (Å²) in [7, 11) is 0. The summed E-state index contributed by atoms with van der Waals surface area (Å²) in [5.41, 5.74) is 5.92. The number of imide groups is 3. The predicted molar refractivity (Wildman–Crippen MR) is 340 cm³/mol. The Labute approximate surface area is 601 Å². The van der Waals surface area contributed by atoms with Gasteiger partial charge in [0.1, 0.15) is 29.3 Å². The summed E-state index contributed by atoms with van der Waals surface area (Å²) in [6, 6.07) is 15.2. The van der Waals surface area contributed by atoms with Crippen LogP contribution in [0.2, 0.25) is 0 Å². The van der Waals surface area contributed by atoms with E-state index in [1.54, 1.807) is 53.7 Å². The van der Waals surface area contributed by atoms with E-state index in [-0.39, 0.29) is 150 Å². The zero-order chi connectivity index (χ0) is 68.0. The van der Waals surface area contributed by atoms with Crippen LogP contribution < -0.4 is 72.7 Å². The van der Waals surface area contributed by atoms with E-state index in [2.05, 4.69) is 53.1 Å². The van der Waals surface area contributed by atoms with Crippen LogP contribution in [0.15, 0.2) is 59.1 Å². The van der Waals surface area contributed by atoms with Crippen LogP contribution in [-0.4, -0.2) is 226 Å². The van der Waals surface area contributed by atoms with Crippen LogP contribution in [0.25, 0.3) is 0 Å². The second kappa shape index (κ2) is 32.0. The van der Waals surface area contributed by atoms with Crippen molar-refractivity contribution in [1.29, 1.82) is 0 Å². The molecule has 25 nitrogen and oxygen atoms in total. The SMILES string of the molecule is CC(C)(C)OC(=O)N1CCN(C[B-](F)(F)F)CC1.CC(C)(C)OC(=O)N1CCN(Cc2cccc3c2CN(C2CCC(=O)NC2=O)C3=O)CC1.O=C1CCC(N2Cc3c(Br)cccc3C2=O)C(=O)N1.O=C1CCC(N2Cc3c(CN4CCNCC4)cccc3C2=O)C(=O)N1.[K+]. The van der Waals surface area contributed by atoms with Gasteiger partial charge in [-0.15, -0.1) is 0 Å². The molecule has 9 aliphatic rings. The first kappa shape index (κ1) is 74.6. The number of rotatable bonds is 9. The summed E-state index contributed by atoms with van der Waals surface area (Å²) < 4.78 is 48.2. The smallest absolute Gasteiger partial charge is 0.448 e. The molecule has 6 fully saturated rings. The molecule has 0 aliphatic carbocycles. The first-order chi connectivity index (χ1) is 44.4. The molecule has 508 valence electrons. The monoisotopic (exact) mass is 1410 g/mol. The third-order valence-corrected chi connectivity index (χ3v) is 18.1. The zero-order valence-corrected chi connectivity index (χ0v) is 59.6. The summed E-state index contributed by atoms with van der Waals surface area (Å²) in [6.45, 7) is 16.4. The molecule has 0 radical (unpaired) electrons. The van der Waals surface area contributed by atoms with Crippen molar-refractivity contribution in [2.45, 2.75) is 142 Å². The average Bonchev–Trinajstić information content (AvgIpc) is 1.65. The largest absolute Gasteiger partial charge is 1.00 e. The van der Waals surface area contributed by atoms with Crippen LogP contribution in [0.1, 0.15) is 139 Å². The van der Waals surface area contributed by atoms with Crippen LogP contribution in [0.4, 0.5) is 22.5 Å². The Morgan fingerprint density at radius 3 is 1.18 bits per heavy atom. The number of nitrogens with zero attached hydrogens (tertiary/aromatic N) is 8. The van der Waals surface area contributed by atoms with Gasteiger partial charge in [-0.3, -0.25) is 68.9 Å². The third-order valence-electron chi connectivity index (χ3n) is 17.4. The first-order valence-electron chi connectivity index (χ1n) is 31.9. The van der Waals surface area contributed by atoms with Gasteiger partial charge >= 0.3 is 70.5 Å². The maximum atomic E-state index is 13.0. The summed E-state index contributed by atoms with van der Waals surface area (Å²) in [5.74, 6) is -2.38. The minimum Gasteiger partial charge on any atom is -0.448 e. The standard InChI is InChI=1S/C23H30N4O5.C18H22N4O3.C13H11BrN2O3.C10H19BF3N2O2.K/c1-23(2,3)32-22(31)26-11-9-25(10-12-26)13-15-5-4-6-16-17(15)14-27(21(16)30)18-7-8-19(28)24-20(18)29;23-16-5-4-15(17(24)20-16)22-11-14-12(2-1-3-13(14)18(22)25)10-21-8-6-19-7-9-21;14-9-3-1-2-7-8(9)6-16(13(7)19)10-4-5-11(17)15-12(10)18;1-10(2,3)18-9(17)16-6-4-15(5-7-16)8-11(12,13)14;/h4-6,18H,7-14H2,1-3H3,(H,24,28,29);1-3,15,19H,4-11H2,(H,20,23,24);1-3,10H,4-6H2,(H,15,17,18);4-8H2,1-3H3;/q;;;-1;+1. The number of nitrogens with one attached hydrogen (secondary N) is 4. The van der Waals surface area contributed by atoms with Gasteiger partial charge in [-0.1, -0.05) is 46.3 Å². The number of benzene rings is 3. The number of piperidine rings is 3. The zero-order valence-electron chi connectivity index (χ0n) is 54.9. The number of hydrogen-bond acceptors (Lipinski definition) is 17. The molecule has 95 heavy (non-hydrogen) atoms. The Balaban J connectivity index is 0.000000166. The summed E-state index contributed by atoms with van der Waals surface area (Å²) >= 11 is 3.42. The number of amides is 11. The number of hydrogen-bond donors (Lipinski definition) is 4. The topological polar surface area (TPSA) is 280 Å². The molecule has 0 spiro atoms. The fourth-order valence-electron chi connectivity index (χ4n) is 12.6. The van der Waals surface area contributed by atoms with Crippen LogP contribution in [0.5, 0.6) is 0 Å². The van der Waals surface area contributed by atoms with E-state index >= 15 is 0 Å². The van der Waals surface area contributed by atoms with Crippen molar-refractivity contribution >= 4 is 88.3 Å². The number of carbonyl (C=O) groups excluding carboxylic acids is 11. The minimum absolute atomic E-state index is 0. The first-order valence-corrected chi connectivity index (χ1v) is 32.7. The molecule has 3 aromatic carbocycles. The van der Waals surface area contributed by atoms with Crippen molar-refractivity contribution in [3.8, 4) is 0 Å². The summed E-state index contributed by atoms with van der Waals surface area (Å²) in [5, 5.41) is 10.3. The van der Waals surface area contributed by atoms with Crippen molar-refractivity contribution in [3.05, 3.63) is 104 Å². The van der Waals surface area contributed by atoms with E-state index in [1.807, 2.05) is 51.1 Å². The van der Waals surface area contributed by atoms with Crippen molar-refractivity contribution in [3.63, 3.8) is 0 Å². The van der Waals surface area contributed by atoms with Gasteiger partial charge in [-0.25, -0.2) is 9.59 Å². The van der Waals surface area contributed by atoms with Gasteiger partial charge < -0.3 is 57.1 Å². The summed E-state index contributed by atoms with van der Waals surface area (Å²) in [4.78, 5) is 146. The van der Waals surface area contributed by atoms with E-state index in [1.165, 1.54) is 14.7 Å². The van der Waals surface area contributed by atoms with Gasteiger partial charge in [0.25, 0.3) is 17.7 Å².